The summed E-state index contributed by atoms with van der Waals surface area (Å²) in [6.45, 7) is 0. The number of carbonyl (C=O) groups is 1. The first-order valence-corrected chi connectivity index (χ1v) is 5.00. The first-order valence-electron chi connectivity index (χ1n) is 3.44. The van der Waals surface area contributed by atoms with Crippen LogP contribution in [-0.2, 0) is 10.9 Å². The first-order chi connectivity index (χ1) is 6.50. The van der Waals surface area contributed by atoms with Crippen molar-refractivity contribution in [2.24, 2.45) is 0 Å². The van der Waals surface area contributed by atoms with E-state index in [1.54, 1.807) is 0 Å². The molecule has 76 valence electrons. The van der Waals surface area contributed by atoms with Crippen molar-refractivity contribution in [2.75, 3.05) is 4.72 Å². The average Bonchev–Trinajstić information content (AvgIpc) is 2.07. The fourth-order valence-corrected chi connectivity index (χ4v) is 1.45. The second-order valence-electron chi connectivity index (χ2n) is 2.37. The third kappa shape index (κ3) is 2.61. The molecule has 7 heteroatoms. The number of aromatic carboxylic acids is 1. The van der Waals surface area contributed by atoms with E-state index in [-0.39, 0.29) is 16.3 Å². The molecule has 0 saturated heterocycles. The molecule has 0 bridgehead atoms. The summed E-state index contributed by atoms with van der Waals surface area (Å²) < 4.78 is 22.7. The van der Waals surface area contributed by atoms with Crippen LogP contribution in [0.15, 0.2) is 18.2 Å². The smallest absolute Gasteiger partial charge is 0.335 e. The van der Waals surface area contributed by atoms with Gasteiger partial charge < -0.3 is 5.11 Å². The first kappa shape index (κ1) is 10.8. The molecule has 0 aromatic heterocycles. The van der Waals surface area contributed by atoms with E-state index in [4.69, 9.17) is 16.7 Å². The molecular formula is C7H6ClNO4S. The number of nitrogens with one attached hydrogen (secondary N) is 1. The quantitative estimate of drug-likeness (QED) is 0.682. The highest BCUT2D eigenvalue weighted by Gasteiger charge is 2.06. The fourth-order valence-electron chi connectivity index (χ4n) is 0.842. The summed E-state index contributed by atoms with van der Waals surface area (Å²) in [7, 11) is -2.85. The van der Waals surface area contributed by atoms with Crippen molar-refractivity contribution in [3.63, 3.8) is 0 Å². The average molecular weight is 236 g/mol. The molecule has 0 fully saturated rings. The second-order valence-corrected chi connectivity index (χ2v) is 3.51. The maximum Gasteiger partial charge on any atom is 0.335 e. The molecule has 0 aliphatic rings. The fraction of sp³-hybridized carbons (Fsp3) is 0. The largest absolute Gasteiger partial charge is 0.478 e. The Kier molecular flexibility index (Phi) is 3.32. The van der Waals surface area contributed by atoms with Crippen LogP contribution in [0.25, 0.3) is 0 Å². The van der Waals surface area contributed by atoms with E-state index in [1.807, 2.05) is 4.72 Å². The van der Waals surface area contributed by atoms with Crippen molar-refractivity contribution >= 4 is 34.1 Å². The lowest BCUT2D eigenvalue weighted by molar-refractivity contribution is 0.0697. The van der Waals surface area contributed by atoms with Crippen LogP contribution in [0.1, 0.15) is 10.4 Å². The van der Waals surface area contributed by atoms with E-state index in [0.29, 0.717) is 0 Å². The highest BCUT2D eigenvalue weighted by molar-refractivity contribution is 7.73. The molecule has 0 atom stereocenters. The molecule has 1 aromatic rings. The lowest BCUT2D eigenvalue weighted by Crippen LogP contribution is -2.00. The summed E-state index contributed by atoms with van der Waals surface area (Å²) in [5.74, 6) is -1.15. The van der Waals surface area contributed by atoms with Crippen molar-refractivity contribution in [1.29, 1.82) is 0 Å². The molecular weight excluding hydrogens is 230 g/mol. The van der Waals surface area contributed by atoms with Gasteiger partial charge in [0.05, 0.1) is 16.3 Å². The van der Waals surface area contributed by atoms with Crippen molar-refractivity contribution in [1.82, 2.24) is 0 Å². The summed E-state index contributed by atoms with van der Waals surface area (Å²) in [4.78, 5) is 10.5. The Bertz CT molecular complexity index is 435. The molecule has 0 amide bonds. The third-order valence-electron chi connectivity index (χ3n) is 1.43. The molecule has 1 rings (SSSR count). The van der Waals surface area contributed by atoms with Gasteiger partial charge in [0.2, 0.25) is 10.9 Å². The minimum absolute atomic E-state index is 0.0336. The number of rotatable bonds is 3. The number of anilines is 1. The van der Waals surface area contributed by atoms with Gasteiger partial charge in [-0.1, -0.05) is 11.6 Å². The predicted molar refractivity (Wildman–Crippen MR) is 52.3 cm³/mol. The van der Waals surface area contributed by atoms with Gasteiger partial charge in [0.25, 0.3) is 0 Å². The Labute approximate surface area is 86.4 Å². The van der Waals surface area contributed by atoms with E-state index in [0.717, 1.165) is 6.07 Å². The molecule has 0 heterocycles. The van der Waals surface area contributed by atoms with Crippen LogP contribution in [0.2, 0.25) is 5.02 Å². The summed E-state index contributed by atoms with van der Waals surface area (Å²) in [5, 5.41) is 8.76. The van der Waals surface area contributed by atoms with Gasteiger partial charge >= 0.3 is 5.97 Å². The maximum absolute atomic E-state index is 10.5. The molecule has 0 radical (unpaired) electrons. The Balaban J connectivity index is 3.14. The van der Waals surface area contributed by atoms with Gasteiger partial charge in [0.1, 0.15) is 0 Å². The van der Waals surface area contributed by atoms with Crippen LogP contribution in [0, 0.1) is 0 Å². The van der Waals surface area contributed by atoms with Crippen LogP contribution in [-0.4, -0.2) is 19.5 Å². The zero-order valence-electron chi connectivity index (χ0n) is 6.73. The zero-order valence-corrected chi connectivity index (χ0v) is 8.38. The Hall–Kier alpha value is -1.27. The van der Waals surface area contributed by atoms with Gasteiger partial charge in [-0.05, 0) is 18.2 Å². The van der Waals surface area contributed by atoms with E-state index in [1.165, 1.54) is 12.1 Å². The Morgan fingerprint density at radius 2 is 2.07 bits per heavy atom. The summed E-state index contributed by atoms with van der Waals surface area (Å²) in [6, 6.07) is 3.75. The van der Waals surface area contributed by atoms with Crippen LogP contribution >= 0.6 is 11.6 Å². The minimum Gasteiger partial charge on any atom is -0.478 e. The van der Waals surface area contributed by atoms with Crippen LogP contribution in [0.3, 0.4) is 0 Å². The van der Waals surface area contributed by atoms with Gasteiger partial charge in [-0.2, -0.15) is 0 Å². The van der Waals surface area contributed by atoms with Gasteiger partial charge in [-0.25, -0.2) is 13.2 Å². The minimum atomic E-state index is -2.85. The summed E-state index contributed by atoms with van der Waals surface area (Å²) in [5.41, 5.74) is 0.0245. The third-order valence-corrected chi connectivity index (χ3v) is 2.18. The normalized spacial score (nSPS) is 10.1. The molecule has 0 aliphatic heterocycles. The maximum atomic E-state index is 10.5. The second kappa shape index (κ2) is 4.30. The van der Waals surface area contributed by atoms with Crippen molar-refractivity contribution in [3.8, 4) is 0 Å². The number of thiol groups is 1. The van der Waals surface area contributed by atoms with E-state index in [9.17, 15) is 13.2 Å². The van der Waals surface area contributed by atoms with Gasteiger partial charge in [0.15, 0.2) is 0 Å². The van der Waals surface area contributed by atoms with E-state index < -0.39 is 16.9 Å². The molecule has 0 saturated carbocycles. The van der Waals surface area contributed by atoms with Gasteiger partial charge in [-0.3, -0.25) is 4.72 Å². The van der Waals surface area contributed by atoms with Crippen molar-refractivity contribution in [2.45, 2.75) is 0 Å². The molecule has 5 nitrogen and oxygen atoms in total. The predicted octanol–water partition coefficient (Wildman–Crippen LogP) is 0.976. The summed E-state index contributed by atoms with van der Waals surface area (Å²) in [6.07, 6.45) is 0. The molecule has 0 unspecified atom stereocenters. The Morgan fingerprint density at radius 3 is 2.57 bits per heavy atom. The lowest BCUT2D eigenvalue weighted by Gasteiger charge is -2.02. The van der Waals surface area contributed by atoms with E-state index >= 15 is 0 Å². The topological polar surface area (TPSA) is 83.5 Å². The number of hydrogen-bond donors (Lipinski definition) is 3. The zero-order chi connectivity index (χ0) is 10.7. The van der Waals surface area contributed by atoms with Crippen LogP contribution in [0.4, 0.5) is 5.69 Å². The lowest BCUT2D eigenvalue weighted by atomic mass is 10.2. The number of benzene rings is 1. The molecule has 1 aromatic carbocycles. The molecule has 2 N–H and O–H groups in total. The van der Waals surface area contributed by atoms with Crippen molar-refractivity contribution < 1.29 is 18.3 Å². The molecule has 0 spiro atoms. The number of halogens is 1. The SMILES string of the molecule is O=C(O)c1ccc(Cl)c(N[SH](=O)=O)c1. The van der Waals surface area contributed by atoms with Crippen LogP contribution in [0.5, 0.6) is 0 Å². The monoisotopic (exact) mass is 235 g/mol. The highest BCUT2D eigenvalue weighted by atomic mass is 35.5. The molecule has 14 heavy (non-hydrogen) atoms. The standard InChI is InChI=1S/C7H6ClNO4S/c8-5-2-1-4(7(10)11)3-6(5)9-14(12)13/h1-3,14H,(H,10,11)(H,9,12,13). The van der Waals surface area contributed by atoms with Gasteiger partial charge in [0, 0.05) is 0 Å². The van der Waals surface area contributed by atoms with Crippen LogP contribution < -0.4 is 4.72 Å². The summed E-state index contributed by atoms with van der Waals surface area (Å²) >= 11 is 5.62. The number of carboxylic acids is 1. The number of hydrogen-bond acceptors (Lipinski definition) is 3. The number of carboxylic acid groups (broad SMARTS) is 1. The van der Waals surface area contributed by atoms with Crippen molar-refractivity contribution in [3.05, 3.63) is 28.8 Å². The van der Waals surface area contributed by atoms with E-state index in [2.05, 4.69) is 0 Å². The van der Waals surface area contributed by atoms with Gasteiger partial charge in [-0.15, -0.1) is 0 Å². The highest BCUT2D eigenvalue weighted by Crippen LogP contribution is 2.22. The molecule has 0 aliphatic carbocycles. The Morgan fingerprint density at radius 1 is 1.43 bits per heavy atom.